The van der Waals surface area contributed by atoms with Crippen LogP contribution >= 0.6 is 15.9 Å². The van der Waals surface area contributed by atoms with Gasteiger partial charge < -0.3 is 0 Å². The summed E-state index contributed by atoms with van der Waals surface area (Å²) in [4.78, 5) is 11.7. The second kappa shape index (κ2) is 3.11. The van der Waals surface area contributed by atoms with E-state index in [1.165, 1.54) is 0 Å². The molecule has 0 N–H and O–H groups in total. The third-order valence-corrected chi connectivity index (χ3v) is 2.77. The molecule has 0 amide bonds. The molecule has 0 aromatic heterocycles. The van der Waals surface area contributed by atoms with Crippen molar-refractivity contribution in [3.8, 4) is 0 Å². The number of Topliss-reactive ketones (excluding diaryl/α,β-unsaturated/α-hetero) is 1. The van der Waals surface area contributed by atoms with Crippen LogP contribution < -0.4 is 0 Å². The van der Waals surface area contributed by atoms with E-state index in [1.807, 2.05) is 24.3 Å². The van der Waals surface area contributed by atoms with Gasteiger partial charge in [0.15, 0.2) is 5.78 Å². The molecule has 1 aliphatic rings. The molecule has 2 rings (SSSR count). The van der Waals surface area contributed by atoms with Gasteiger partial charge in [-0.3, -0.25) is 4.79 Å². The summed E-state index contributed by atoms with van der Waals surface area (Å²) in [6, 6.07) is 7.47. The molecule has 0 radical (unpaired) electrons. The van der Waals surface area contributed by atoms with Gasteiger partial charge in [-0.1, -0.05) is 40.2 Å². The lowest BCUT2D eigenvalue weighted by Crippen LogP contribution is -2.00. The Labute approximate surface area is 85.6 Å². The van der Waals surface area contributed by atoms with Crippen LogP contribution in [0.15, 0.2) is 40.9 Å². The van der Waals surface area contributed by atoms with E-state index in [4.69, 9.17) is 0 Å². The second-order valence-corrected chi connectivity index (χ2v) is 4.20. The Bertz CT molecular complexity index is 364. The van der Waals surface area contributed by atoms with Crippen LogP contribution in [0.1, 0.15) is 16.8 Å². The Morgan fingerprint density at radius 1 is 1.38 bits per heavy atom. The third kappa shape index (κ3) is 1.73. The first-order valence-corrected chi connectivity index (χ1v) is 4.95. The molecule has 13 heavy (non-hydrogen) atoms. The third-order valence-electron chi connectivity index (χ3n) is 2.24. The number of carbonyl (C=O) groups excluding carboxylic acids is 1. The van der Waals surface area contributed by atoms with E-state index < -0.39 is 0 Å². The molecule has 0 spiro atoms. The first-order valence-electron chi connectivity index (χ1n) is 4.16. The van der Waals surface area contributed by atoms with Gasteiger partial charge in [-0.25, -0.2) is 0 Å². The Morgan fingerprint density at radius 3 is 2.38 bits per heavy atom. The van der Waals surface area contributed by atoms with Crippen molar-refractivity contribution < 1.29 is 4.79 Å². The van der Waals surface area contributed by atoms with Gasteiger partial charge in [0.1, 0.15) is 0 Å². The summed E-state index contributed by atoms with van der Waals surface area (Å²) >= 11 is 3.33. The largest absolute Gasteiger partial charge is 0.293 e. The monoisotopic (exact) mass is 236 g/mol. The zero-order valence-corrected chi connectivity index (χ0v) is 8.67. The maximum absolute atomic E-state index is 11.7. The van der Waals surface area contributed by atoms with Crippen LogP contribution in [0.2, 0.25) is 0 Å². The summed E-state index contributed by atoms with van der Waals surface area (Å²) in [6.07, 6.45) is 0.870. The number of carbonyl (C=O) groups is 1. The van der Waals surface area contributed by atoms with E-state index in [-0.39, 0.29) is 11.7 Å². The van der Waals surface area contributed by atoms with Crippen molar-refractivity contribution in [3.05, 3.63) is 46.5 Å². The van der Waals surface area contributed by atoms with Gasteiger partial charge in [-0.2, -0.15) is 0 Å². The quantitative estimate of drug-likeness (QED) is 0.570. The fourth-order valence-corrected chi connectivity index (χ4v) is 1.56. The predicted octanol–water partition coefficient (Wildman–Crippen LogP) is 3.21. The van der Waals surface area contributed by atoms with E-state index in [0.717, 1.165) is 22.0 Å². The molecular formula is C11H9BrO. The molecule has 0 heterocycles. The van der Waals surface area contributed by atoms with Crippen LogP contribution in [0.5, 0.6) is 0 Å². The molecule has 1 nitrogen and oxygen atoms in total. The fourth-order valence-electron chi connectivity index (χ4n) is 1.30. The van der Waals surface area contributed by atoms with E-state index in [9.17, 15) is 4.79 Å². The van der Waals surface area contributed by atoms with Gasteiger partial charge in [-0.05, 0) is 18.6 Å². The number of benzene rings is 1. The molecule has 1 unspecified atom stereocenters. The van der Waals surface area contributed by atoms with E-state index in [0.29, 0.717) is 0 Å². The maximum atomic E-state index is 11.7. The van der Waals surface area contributed by atoms with Crippen molar-refractivity contribution in [2.45, 2.75) is 6.42 Å². The Balaban J connectivity index is 2.21. The van der Waals surface area contributed by atoms with Crippen molar-refractivity contribution >= 4 is 21.7 Å². The normalized spacial score (nSPS) is 20.1. The van der Waals surface area contributed by atoms with Gasteiger partial charge in [0.05, 0.1) is 0 Å². The lowest BCUT2D eigenvalue weighted by Gasteiger charge is -1.97. The summed E-state index contributed by atoms with van der Waals surface area (Å²) in [5.41, 5.74) is 1.85. The van der Waals surface area contributed by atoms with Crippen LogP contribution in [0.25, 0.3) is 0 Å². The van der Waals surface area contributed by atoms with Crippen molar-refractivity contribution in [1.29, 1.82) is 0 Å². The minimum Gasteiger partial charge on any atom is -0.293 e. The fraction of sp³-hybridized carbons (Fsp3) is 0.182. The molecule has 1 saturated carbocycles. The molecule has 1 aromatic carbocycles. The van der Waals surface area contributed by atoms with Crippen molar-refractivity contribution in [1.82, 2.24) is 0 Å². The molecular weight excluding hydrogens is 228 g/mol. The number of hydrogen-bond acceptors (Lipinski definition) is 1. The average Bonchev–Trinajstić information content (AvgIpc) is 2.83. The van der Waals surface area contributed by atoms with Crippen molar-refractivity contribution in [2.75, 3.05) is 0 Å². The summed E-state index contributed by atoms with van der Waals surface area (Å²) in [7, 11) is 0. The molecule has 0 saturated heterocycles. The maximum Gasteiger partial charge on any atom is 0.170 e. The molecule has 1 fully saturated rings. The highest BCUT2D eigenvalue weighted by Gasteiger charge is 2.34. The van der Waals surface area contributed by atoms with Crippen molar-refractivity contribution in [3.63, 3.8) is 0 Å². The Morgan fingerprint density at radius 2 is 1.92 bits per heavy atom. The van der Waals surface area contributed by atoms with E-state index in [1.54, 1.807) is 0 Å². The van der Waals surface area contributed by atoms with E-state index in [2.05, 4.69) is 22.5 Å². The zero-order chi connectivity index (χ0) is 9.42. The number of hydrogen-bond donors (Lipinski definition) is 0. The number of rotatable bonds is 2. The Hall–Kier alpha value is -0.890. The molecule has 1 aromatic rings. The Kier molecular flexibility index (Phi) is 2.08. The van der Waals surface area contributed by atoms with Crippen LogP contribution in [0.3, 0.4) is 0 Å². The summed E-state index contributed by atoms with van der Waals surface area (Å²) in [6.45, 7) is 3.78. The standard InChI is InChI=1S/C11H9BrO/c1-7-6-10(7)11(13)8-2-4-9(12)5-3-8/h2-5,10H,1,6H2. The topological polar surface area (TPSA) is 17.1 Å². The summed E-state index contributed by atoms with van der Waals surface area (Å²) < 4.78 is 0.999. The van der Waals surface area contributed by atoms with Gasteiger partial charge in [0.2, 0.25) is 0 Å². The smallest absolute Gasteiger partial charge is 0.170 e. The SMILES string of the molecule is C=C1CC1C(=O)c1ccc(Br)cc1. The number of halogens is 1. The zero-order valence-electron chi connectivity index (χ0n) is 7.09. The minimum absolute atomic E-state index is 0.0983. The molecule has 1 atom stereocenters. The minimum atomic E-state index is 0.0983. The first kappa shape index (κ1) is 8.70. The first-order chi connectivity index (χ1) is 6.18. The van der Waals surface area contributed by atoms with Gasteiger partial charge in [0, 0.05) is 16.0 Å². The van der Waals surface area contributed by atoms with Crippen LogP contribution in [0, 0.1) is 5.92 Å². The van der Waals surface area contributed by atoms with Gasteiger partial charge in [-0.15, -0.1) is 0 Å². The predicted molar refractivity (Wildman–Crippen MR) is 55.7 cm³/mol. The molecule has 66 valence electrons. The lowest BCUT2D eigenvalue weighted by molar-refractivity contribution is 0.0972. The molecule has 0 aliphatic heterocycles. The summed E-state index contributed by atoms with van der Waals surface area (Å²) in [5.74, 6) is 0.304. The number of allylic oxidation sites excluding steroid dienone is 1. The second-order valence-electron chi connectivity index (χ2n) is 3.29. The van der Waals surface area contributed by atoms with Crippen LogP contribution in [-0.2, 0) is 0 Å². The van der Waals surface area contributed by atoms with E-state index >= 15 is 0 Å². The molecule has 1 aliphatic carbocycles. The van der Waals surface area contributed by atoms with Crippen LogP contribution in [-0.4, -0.2) is 5.78 Å². The van der Waals surface area contributed by atoms with Gasteiger partial charge >= 0.3 is 0 Å². The van der Waals surface area contributed by atoms with Gasteiger partial charge in [0.25, 0.3) is 0 Å². The highest BCUT2D eigenvalue weighted by Crippen LogP contribution is 2.38. The average molecular weight is 237 g/mol. The lowest BCUT2D eigenvalue weighted by atomic mass is 10.1. The highest BCUT2D eigenvalue weighted by molar-refractivity contribution is 9.10. The highest BCUT2D eigenvalue weighted by atomic mass is 79.9. The van der Waals surface area contributed by atoms with Crippen LogP contribution in [0.4, 0.5) is 0 Å². The molecule has 2 heteroatoms. The summed E-state index contributed by atoms with van der Waals surface area (Å²) in [5, 5.41) is 0. The molecule has 0 bridgehead atoms. The van der Waals surface area contributed by atoms with Crippen molar-refractivity contribution in [2.24, 2.45) is 5.92 Å². The number of ketones is 1.